The minimum absolute atomic E-state index is 0.107. The smallest absolute Gasteiger partial charge is 0.462 e. The summed E-state index contributed by atoms with van der Waals surface area (Å²) < 4.78 is 68.3. The number of unbranched alkanes of at least 4 members (excludes halogenated alkanes) is 48. The average molecular weight is 1350 g/mol. The maximum Gasteiger partial charge on any atom is 0.472 e. The quantitative estimate of drug-likeness (QED) is 0.0222. The number of carbonyl (C=O) groups excluding carboxylic acids is 4. The van der Waals surface area contributed by atoms with Crippen molar-refractivity contribution in [3.05, 3.63) is 0 Å². The highest BCUT2D eigenvalue weighted by molar-refractivity contribution is 7.47. The number of phosphoric acid groups is 2. The van der Waals surface area contributed by atoms with Gasteiger partial charge >= 0.3 is 39.5 Å². The fourth-order valence-corrected chi connectivity index (χ4v) is 12.8. The Balaban J connectivity index is 5.20. The van der Waals surface area contributed by atoms with E-state index in [9.17, 15) is 43.2 Å². The molecule has 0 heterocycles. The SMILES string of the molecule is CCCCCCCCCCCCCCCCCCCC(=O)O[C@H](COC(=O)CCCCCCCCCCCCCCCCCC)COP(=O)(O)OC[C@@H](O)COP(=O)(O)OC[C@@H](COC(=O)CCCCCCCCCC)OC(=O)CCCCCCCCCCCCC. The monoisotopic (exact) mass is 1350 g/mol. The van der Waals surface area contributed by atoms with Gasteiger partial charge in [-0.3, -0.25) is 37.3 Å². The fraction of sp³-hybridized carbons (Fsp3) is 0.945. The predicted octanol–water partition coefficient (Wildman–Crippen LogP) is 21.4. The van der Waals surface area contributed by atoms with E-state index < -0.39 is 97.5 Å². The number of phosphoric ester groups is 2. The van der Waals surface area contributed by atoms with Gasteiger partial charge in [-0.05, 0) is 25.7 Å². The Hall–Kier alpha value is -1.94. The van der Waals surface area contributed by atoms with Crippen LogP contribution in [0.1, 0.15) is 387 Å². The molecule has 0 amide bonds. The van der Waals surface area contributed by atoms with Gasteiger partial charge in [-0.15, -0.1) is 0 Å². The lowest BCUT2D eigenvalue weighted by atomic mass is 10.0. The van der Waals surface area contributed by atoms with E-state index in [1.807, 2.05) is 0 Å². The number of aliphatic hydroxyl groups excluding tert-OH is 1. The van der Waals surface area contributed by atoms with E-state index in [1.165, 1.54) is 212 Å². The van der Waals surface area contributed by atoms with Crippen LogP contribution in [0.15, 0.2) is 0 Å². The van der Waals surface area contributed by atoms with Crippen molar-refractivity contribution in [1.82, 2.24) is 0 Å². The van der Waals surface area contributed by atoms with Gasteiger partial charge in [-0.1, -0.05) is 336 Å². The number of hydrogen-bond donors (Lipinski definition) is 3. The van der Waals surface area contributed by atoms with E-state index >= 15 is 0 Å². The zero-order valence-corrected chi connectivity index (χ0v) is 61.3. The third-order valence-electron chi connectivity index (χ3n) is 17.1. The molecule has 5 atom stereocenters. The Labute approximate surface area is 562 Å². The van der Waals surface area contributed by atoms with Crippen molar-refractivity contribution in [3.63, 3.8) is 0 Å². The maximum absolute atomic E-state index is 13.1. The number of rotatable bonds is 74. The molecule has 0 bridgehead atoms. The molecule has 0 aliphatic carbocycles. The van der Waals surface area contributed by atoms with Crippen molar-refractivity contribution in [2.75, 3.05) is 39.6 Å². The van der Waals surface area contributed by atoms with Crippen molar-refractivity contribution in [2.24, 2.45) is 0 Å². The van der Waals surface area contributed by atoms with Crippen LogP contribution in [0.25, 0.3) is 0 Å². The molecule has 0 saturated heterocycles. The molecule has 0 aliphatic heterocycles. The lowest BCUT2D eigenvalue weighted by Gasteiger charge is -2.21. The molecule has 0 aromatic rings. The first-order chi connectivity index (χ1) is 44.7. The molecule has 0 aromatic carbocycles. The first-order valence-electron chi connectivity index (χ1n) is 38.3. The third kappa shape index (κ3) is 66.7. The first kappa shape index (κ1) is 90.1. The van der Waals surface area contributed by atoms with Gasteiger partial charge in [0.1, 0.15) is 19.3 Å². The van der Waals surface area contributed by atoms with Crippen LogP contribution in [0.5, 0.6) is 0 Å². The molecule has 0 aliphatic rings. The van der Waals surface area contributed by atoms with Gasteiger partial charge in [0.25, 0.3) is 0 Å². The largest absolute Gasteiger partial charge is 0.472 e. The van der Waals surface area contributed by atoms with Crippen LogP contribution in [0.2, 0.25) is 0 Å². The van der Waals surface area contributed by atoms with Crippen LogP contribution in [0, 0.1) is 0 Å². The van der Waals surface area contributed by atoms with E-state index in [2.05, 4.69) is 27.7 Å². The molecular formula is C73H142O17P2. The van der Waals surface area contributed by atoms with Gasteiger partial charge in [0.2, 0.25) is 0 Å². The molecule has 0 spiro atoms. The first-order valence-corrected chi connectivity index (χ1v) is 41.3. The number of carbonyl (C=O) groups is 4. The van der Waals surface area contributed by atoms with E-state index in [4.69, 9.17) is 37.0 Å². The van der Waals surface area contributed by atoms with Crippen LogP contribution in [-0.4, -0.2) is 96.7 Å². The highest BCUT2D eigenvalue weighted by atomic mass is 31.2. The van der Waals surface area contributed by atoms with Gasteiger partial charge in [0.05, 0.1) is 26.4 Å². The minimum Gasteiger partial charge on any atom is -0.462 e. The summed E-state index contributed by atoms with van der Waals surface area (Å²) in [6, 6.07) is 0. The Bertz CT molecular complexity index is 1760. The van der Waals surface area contributed by atoms with E-state index in [1.54, 1.807) is 0 Å². The summed E-state index contributed by atoms with van der Waals surface area (Å²) in [6.07, 6.45) is 56.8. The highest BCUT2D eigenvalue weighted by Gasteiger charge is 2.30. The highest BCUT2D eigenvalue weighted by Crippen LogP contribution is 2.45. The third-order valence-corrected chi connectivity index (χ3v) is 19.0. The van der Waals surface area contributed by atoms with Crippen LogP contribution in [0.4, 0.5) is 0 Å². The van der Waals surface area contributed by atoms with E-state index in [-0.39, 0.29) is 25.7 Å². The maximum atomic E-state index is 13.1. The van der Waals surface area contributed by atoms with Crippen LogP contribution in [0.3, 0.4) is 0 Å². The summed E-state index contributed by atoms with van der Waals surface area (Å²) in [5.74, 6) is -2.12. The summed E-state index contributed by atoms with van der Waals surface area (Å²) in [5.41, 5.74) is 0. The Morgan fingerprint density at radius 1 is 0.261 bits per heavy atom. The lowest BCUT2D eigenvalue weighted by Crippen LogP contribution is -2.30. The van der Waals surface area contributed by atoms with Crippen molar-refractivity contribution in [1.29, 1.82) is 0 Å². The Morgan fingerprint density at radius 2 is 0.435 bits per heavy atom. The second kappa shape index (κ2) is 67.6. The normalized spacial score (nSPS) is 13.9. The van der Waals surface area contributed by atoms with Gasteiger partial charge in [0.15, 0.2) is 12.2 Å². The lowest BCUT2D eigenvalue weighted by molar-refractivity contribution is -0.161. The summed E-state index contributed by atoms with van der Waals surface area (Å²) in [4.78, 5) is 72.6. The molecule has 0 rings (SSSR count). The number of esters is 4. The van der Waals surface area contributed by atoms with E-state index in [0.717, 1.165) is 96.3 Å². The summed E-state index contributed by atoms with van der Waals surface area (Å²) in [7, 11) is -9.90. The van der Waals surface area contributed by atoms with Gasteiger partial charge in [-0.2, -0.15) is 0 Å². The van der Waals surface area contributed by atoms with Crippen molar-refractivity contribution in [2.45, 2.75) is 406 Å². The van der Waals surface area contributed by atoms with Gasteiger partial charge in [-0.25, -0.2) is 9.13 Å². The Kier molecular flexibility index (Phi) is 66.2. The summed E-state index contributed by atoms with van der Waals surface area (Å²) >= 11 is 0. The second-order valence-corrected chi connectivity index (χ2v) is 29.2. The van der Waals surface area contributed by atoms with Crippen LogP contribution >= 0.6 is 15.6 Å². The molecule has 92 heavy (non-hydrogen) atoms. The second-order valence-electron chi connectivity index (χ2n) is 26.3. The minimum atomic E-state index is -4.95. The predicted molar refractivity (Wildman–Crippen MR) is 372 cm³/mol. The fourth-order valence-electron chi connectivity index (χ4n) is 11.2. The topological polar surface area (TPSA) is 237 Å². The average Bonchev–Trinajstić information content (AvgIpc) is 3.35. The van der Waals surface area contributed by atoms with E-state index in [0.29, 0.717) is 25.7 Å². The van der Waals surface area contributed by atoms with Crippen molar-refractivity contribution < 1.29 is 80.2 Å². The van der Waals surface area contributed by atoms with Gasteiger partial charge < -0.3 is 33.8 Å². The molecule has 2 unspecified atom stereocenters. The molecule has 17 nitrogen and oxygen atoms in total. The molecule has 0 saturated carbocycles. The van der Waals surface area contributed by atoms with Crippen LogP contribution in [-0.2, 0) is 65.4 Å². The number of hydrogen-bond acceptors (Lipinski definition) is 15. The van der Waals surface area contributed by atoms with Crippen molar-refractivity contribution in [3.8, 4) is 0 Å². The standard InChI is InChI=1S/C73H142O17P2/c1-5-9-13-17-21-25-28-30-32-34-36-38-41-44-48-52-56-60-73(78)90-69(64-84-71(76)58-54-50-46-42-40-37-35-33-31-29-26-22-18-14-10-6-2)66-88-92(81,82)86-62-67(74)61-85-91(79,80)87-65-68(63-83-70(75)57-53-49-45-24-20-16-12-8-4)89-72(77)59-55-51-47-43-39-27-23-19-15-11-7-3/h67-69,74H,5-66H2,1-4H3,(H,79,80)(H,81,82)/t67-,68+,69+/m0/s1. The molecule has 0 aromatic heterocycles. The van der Waals surface area contributed by atoms with Crippen LogP contribution < -0.4 is 0 Å². The zero-order valence-electron chi connectivity index (χ0n) is 59.5. The zero-order chi connectivity index (χ0) is 67.5. The summed E-state index contributed by atoms with van der Waals surface area (Å²) in [6.45, 7) is 4.94. The molecular weight excluding hydrogens is 1210 g/mol. The summed E-state index contributed by atoms with van der Waals surface area (Å²) in [5, 5.41) is 10.6. The molecule has 3 N–H and O–H groups in total. The molecule has 19 heteroatoms. The number of aliphatic hydroxyl groups is 1. The molecule has 0 fully saturated rings. The van der Waals surface area contributed by atoms with Gasteiger partial charge in [0, 0.05) is 25.7 Å². The molecule has 0 radical (unpaired) electrons. The van der Waals surface area contributed by atoms with Crippen molar-refractivity contribution >= 4 is 39.5 Å². The Morgan fingerprint density at radius 3 is 0.641 bits per heavy atom. The molecule has 546 valence electrons. The number of ether oxygens (including phenoxy) is 4.